The summed E-state index contributed by atoms with van der Waals surface area (Å²) in [4.78, 5) is 28.2. The summed E-state index contributed by atoms with van der Waals surface area (Å²) in [6.45, 7) is 3.63. The van der Waals surface area contributed by atoms with Gasteiger partial charge in [-0.15, -0.1) is 0 Å². The number of carbonyl (C=O) groups excluding carboxylic acids is 1. The summed E-state index contributed by atoms with van der Waals surface area (Å²) in [5.74, 6) is 0.0752. The van der Waals surface area contributed by atoms with Crippen molar-refractivity contribution in [3.8, 4) is 0 Å². The van der Waals surface area contributed by atoms with E-state index in [0.29, 0.717) is 23.3 Å². The van der Waals surface area contributed by atoms with Crippen molar-refractivity contribution >= 4 is 39.5 Å². The van der Waals surface area contributed by atoms with Crippen LogP contribution in [0.5, 0.6) is 0 Å². The minimum atomic E-state index is -0.431. The Morgan fingerprint density at radius 2 is 2.21 bits per heavy atom. The number of hydrogen-bond donors (Lipinski definition) is 0. The average Bonchev–Trinajstić information content (AvgIpc) is 2.36. The van der Waals surface area contributed by atoms with Gasteiger partial charge in [-0.25, -0.2) is 4.98 Å². The highest BCUT2D eigenvalue weighted by Gasteiger charge is 2.12. The molecule has 2 aromatic rings. The molecule has 0 saturated carbocycles. The van der Waals surface area contributed by atoms with Gasteiger partial charge in [-0.1, -0.05) is 0 Å². The van der Waals surface area contributed by atoms with E-state index in [9.17, 15) is 9.59 Å². The van der Waals surface area contributed by atoms with E-state index in [1.54, 1.807) is 26.0 Å². The third kappa shape index (κ3) is 2.94. The molecule has 6 heteroatoms. The number of carbonyl (C=O) groups is 1. The maximum absolute atomic E-state index is 12.4. The molecular weight excluding hydrogens is 359 g/mol. The Kier molecular flexibility index (Phi) is 4.18. The number of aryl methyl sites for hydroxylation is 1. The minimum Gasteiger partial charge on any atom is -0.465 e. The van der Waals surface area contributed by atoms with Crippen LogP contribution in [0.1, 0.15) is 12.7 Å². The standard InChI is InChI=1S/C13H13IN2O3/c1-3-19-12(17)7-16-8(2)15-11-5-4-9(14)6-10(11)13(16)18/h4-6H,3,7H2,1-2H3. The van der Waals surface area contributed by atoms with Crippen LogP contribution in [0.15, 0.2) is 23.0 Å². The molecule has 1 aromatic carbocycles. The van der Waals surface area contributed by atoms with Crippen molar-refractivity contribution in [2.45, 2.75) is 20.4 Å². The first-order chi connectivity index (χ1) is 9.02. The topological polar surface area (TPSA) is 61.2 Å². The van der Waals surface area contributed by atoms with Gasteiger partial charge in [0.1, 0.15) is 12.4 Å². The van der Waals surface area contributed by atoms with Crippen molar-refractivity contribution in [2.75, 3.05) is 6.61 Å². The predicted octanol–water partition coefficient (Wildman–Crippen LogP) is 1.87. The highest BCUT2D eigenvalue weighted by atomic mass is 127. The molecule has 0 spiro atoms. The largest absolute Gasteiger partial charge is 0.465 e. The molecule has 19 heavy (non-hydrogen) atoms. The zero-order chi connectivity index (χ0) is 14.0. The summed E-state index contributed by atoms with van der Waals surface area (Å²) in [5, 5.41) is 0.516. The van der Waals surface area contributed by atoms with Gasteiger partial charge in [0.2, 0.25) is 0 Å². The van der Waals surface area contributed by atoms with Crippen molar-refractivity contribution in [1.29, 1.82) is 0 Å². The number of halogens is 1. The van der Waals surface area contributed by atoms with Gasteiger partial charge in [-0.2, -0.15) is 0 Å². The van der Waals surface area contributed by atoms with Gasteiger partial charge in [0, 0.05) is 3.57 Å². The summed E-state index contributed by atoms with van der Waals surface area (Å²) in [6, 6.07) is 5.47. The zero-order valence-corrected chi connectivity index (χ0v) is 12.8. The Labute approximate surface area is 123 Å². The number of nitrogens with zero attached hydrogens (tertiary/aromatic N) is 2. The first kappa shape index (κ1) is 14.0. The van der Waals surface area contributed by atoms with E-state index in [1.807, 2.05) is 6.07 Å². The van der Waals surface area contributed by atoms with Gasteiger partial charge in [-0.05, 0) is 54.6 Å². The monoisotopic (exact) mass is 372 g/mol. The molecule has 0 saturated heterocycles. The van der Waals surface area contributed by atoms with Crippen LogP contribution in [0.4, 0.5) is 0 Å². The molecule has 1 heterocycles. The number of aromatic nitrogens is 2. The summed E-state index contributed by atoms with van der Waals surface area (Å²) in [6.07, 6.45) is 0. The Morgan fingerprint density at radius 3 is 2.89 bits per heavy atom. The van der Waals surface area contributed by atoms with Crippen molar-refractivity contribution in [3.63, 3.8) is 0 Å². The van der Waals surface area contributed by atoms with E-state index in [1.165, 1.54) is 4.57 Å². The highest BCUT2D eigenvalue weighted by Crippen LogP contribution is 2.13. The lowest BCUT2D eigenvalue weighted by molar-refractivity contribution is -0.143. The maximum Gasteiger partial charge on any atom is 0.326 e. The minimum absolute atomic E-state index is 0.104. The number of hydrogen-bond acceptors (Lipinski definition) is 4. The predicted molar refractivity (Wildman–Crippen MR) is 80.1 cm³/mol. The molecule has 0 aliphatic heterocycles. The fourth-order valence-corrected chi connectivity index (χ4v) is 2.32. The van der Waals surface area contributed by atoms with E-state index in [4.69, 9.17) is 4.74 Å². The first-order valence-corrected chi connectivity index (χ1v) is 6.93. The van der Waals surface area contributed by atoms with Gasteiger partial charge in [0.05, 0.1) is 17.5 Å². The van der Waals surface area contributed by atoms with Gasteiger partial charge in [0.25, 0.3) is 5.56 Å². The summed E-state index contributed by atoms with van der Waals surface area (Å²) < 4.78 is 7.16. The number of esters is 1. The summed E-state index contributed by atoms with van der Waals surface area (Å²) in [7, 11) is 0. The zero-order valence-electron chi connectivity index (χ0n) is 10.6. The molecule has 5 nitrogen and oxygen atoms in total. The van der Waals surface area contributed by atoms with Crippen LogP contribution in [0, 0.1) is 10.5 Å². The van der Waals surface area contributed by atoms with Crippen LogP contribution in [0.3, 0.4) is 0 Å². The van der Waals surface area contributed by atoms with Crippen molar-refractivity contribution in [1.82, 2.24) is 9.55 Å². The Morgan fingerprint density at radius 1 is 1.47 bits per heavy atom. The Bertz CT molecular complexity index is 694. The molecule has 2 rings (SSSR count). The van der Waals surface area contributed by atoms with E-state index >= 15 is 0 Å². The molecule has 0 N–H and O–H groups in total. The van der Waals surface area contributed by atoms with Crippen molar-refractivity contribution in [2.24, 2.45) is 0 Å². The molecular formula is C13H13IN2O3. The second kappa shape index (κ2) is 5.68. The molecule has 100 valence electrons. The quantitative estimate of drug-likeness (QED) is 0.610. The third-order valence-electron chi connectivity index (χ3n) is 2.70. The van der Waals surface area contributed by atoms with Gasteiger partial charge >= 0.3 is 5.97 Å². The first-order valence-electron chi connectivity index (χ1n) is 5.85. The Hall–Kier alpha value is -1.44. The van der Waals surface area contributed by atoms with Crippen LogP contribution in [-0.2, 0) is 16.1 Å². The van der Waals surface area contributed by atoms with Crippen LogP contribution in [0.2, 0.25) is 0 Å². The van der Waals surface area contributed by atoms with Crippen molar-refractivity contribution in [3.05, 3.63) is 37.9 Å². The van der Waals surface area contributed by atoms with Crippen LogP contribution >= 0.6 is 22.6 Å². The molecule has 0 fully saturated rings. The van der Waals surface area contributed by atoms with Gasteiger partial charge in [0.15, 0.2) is 0 Å². The smallest absolute Gasteiger partial charge is 0.326 e. The van der Waals surface area contributed by atoms with Gasteiger partial charge in [-0.3, -0.25) is 14.2 Å². The van der Waals surface area contributed by atoms with E-state index in [2.05, 4.69) is 27.6 Å². The van der Waals surface area contributed by atoms with Gasteiger partial charge < -0.3 is 4.74 Å². The molecule has 0 radical (unpaired) electrons. The lowest BCUT2D eigenvalue weighted by Gasteiger charge is -2.10. The lowest BCUT2D eigenvalue weighted by Crippen LogP contribution is -2.28. The normalized spacial score (nSPS) is 10.7. The highest BCUT2D eigenvalue weighted by molar-refractivity contribution is 14.1. The maximum atomic E-state index is 12.4. The lowest BCUT2D eigenvalue weighted by atomic mass is 10.2. The Balaban J connectivity index is 2.55. The number of ether oxygens (including phenoxy) is 1. The van der Waals surface area contributed by atoms with E-state index in [0.717, 1.165) is 3.57 Å². The molecule has 0 unspecified atom stereocenters. The number of rotatable bonds is 3. The third-order valence-corrected chi connectivity index (χ3v) is 3.37. The fraction of sp³-hybridized carbons (Fsp3) is 0.308. The van der Waals surface area contributed by atoms with E-state index < -0.39 is 5.97 Å². The average molecular weight is 372 g/mol. The molecule has 0 aliphatic carbocycles. The fourth-order valence-electron chi connectivity index (χ4n) is 1.83. The number of benzene rings is 1. The van der Waals surface area contributed by atoms with Crippen molar-refractivity contribution < 1.29 is 9.53 Å². The second-order valence-electron chi connectivity index (χ2n) is 4.02. The van der Waals surface area contributed by atoms with Crippen LogP contribution in [0.25, 0.3) is 10.9 Å². The molecule has 0 aliphatic rings. The molecule has 1 aromatic heterocycles. The SMILES string of the molecule is CCOC(=O)Cn1c(C)nc2ccc(I)cc2c1=O. The van der Waals surface area contributed by atoms with Crippen LogP contribution in [-0.4, -0.2) is 22.1 Å². The summed E-state index contributed by atoms with van der Waals surface area (Å²) in [5.41, 5.74) is 0.428. The molecule has 0 atom stereocenters. The second-order valence-corrected chi connectivity index (χ2v) is 5.26. The van der Waals surface area contributed by atoms with E-state index in [-0.39, 0.29) is 12.1 Å². The number of fused-ring (bicyclic) bond motifs is 1. The summed E-state index contributed by atoms with van der Waals surface area (Å²) >= 11 is 2.14. The molecule has 0 amide bonds. The molecule has 0 bridgehead atoms. The van der Waals surface area contributed by atoms with Crippen LogP contribution < -0.4 is 5.56 Å².